The molecule has 154 valence electrons. The molecule has 0 atom stereocenters. The van der Waals surface area contributed by atoms with Crippen molar-refractivity contribution in [3.05, 3.63) is 59.3 Å². The first-order chi connectivity index (χ1) is 12.8. The standard InChI is InChI=1S/C17H17F5N4O.HI/c1-23-16(26-9-12-7-13(18)4-5-14(12)19)25-8-11-3-2-6-24-15(11)27-10-17(20,21)22;/h2-7H,8-10H2,1H3,(H2,23,25,26);1H. The summed E-state index contributed by atoms with van der Waals surface area (Å²) >= 11 is 0. The summed E-state index contributed by atoms with van der Waals surface area (Å²) in [6.45, 7) is -1.43. The number of halogens is 6. The Morgan fingerprint density at radius 1 is 1.11 bits per heavy atom. The molecular weight excluding hydrogens is 498 g/mol. The molecule has 0 spiro atoms. The van der Waals surface area contributed by atoms with Crippen LogP contribution in [-0.4, -0.2) is 30.8 Å². The monoisotopic (exact) mass is 516 g/mol. The number of nitrogens with one attached hydrogen (secondary N) is 2. The summed E-state index contributed by atoms with van der Waals surface area (Å²) in [4.78, 5) is 7.71. The van der Waals surface area contributed by atoms with Crippen LogP contribution in [0.1, 0.15) is 11.1 Å². The molecule has 1 heterocycles. The second kappa shape index (κ2) is 11.0. The fourth-order valence-electron chi connectivity index (χ4n) is 2.10. The molecule has 0 bridgehead atoms. The Morgan fingerprint density at radius 3 is 2.43 bits per heavy atom. The number of aromatic nitrogens is 1. The largest absolute Gasteiger partial charge is 0.468 e. The van der Waals surface area contributed by atoms with E-state index in [9.17, 15) is 22.0 Å². The van der Waals surface area contributed by atoms with Crippen molar-refractivity contribution >= 4 is 29.9 Å². The van der Waals surface area contributed by atoms with Gasteiger partial charge in [-0.1, -0.05) is 6.07 Å². The third-order valence-electron chi connectivity index (χ3n) is 3.35. The molecule has 0 aliphatic carbocycles. The summed E-state index contributed by atoms with van der Waals surface area (Å²) in [6, 6.07) is 6.18. The molecule has 1 aromatic carbocycles. The number of nitrogens with zero attached hydrogens (tertiary/aromatic N) is 2. The summed E-state index contributed by atoms with van der Waals surface area (Å²) in [5, 5.41) is 5.64. The second-order valence-electron chi connectivity index (χ2n) is 5.39. The summed E-state index contributed by atoms with van der Waals surface area (Å²) in [5.74, 6) is -1.06. The summed E-state index contributed by atoms with van der Waals surface area (Å²) in [6.07, 6.45) is -3.16. The van der Waals surface area contributed by atoms with Crippen LogP contribution in [0.15, 0.2) is 41.5 Å². The van der Waals surface area contributed by atoms with Crippen LogP contribution >= 0.6 is 24.0 Å². The first kappa shape index (κ1) is 23.9. The number of rotatable bonds is 6. The van der Waals surface area contributed by atoms with Crippen molar-refractivity contribution in [3.63, 3.8) is 0 Å². The van der Waals surface area contributed by atoms with Crippen LogP contribution in [-0.2, 0) is 13.1 Å². The molecule has 2 rings (SSSR count). The maximum Gasteiger partial charge on any atom is 0.422 e. The predicted molar refractivity (Wildman–Crippen MR) is 105 cm³/mol. The van der Waals surface area contributed by atoms with Crippen molar-refractivity contribution < 1.29 is 26.7 Å². The fraction of sp³-hybridized carbons (Fsp3) is 0.294. The van der Waals surface area contributed by atoms with E-state index in [4.69, 9.17) is 4.74 Å². The molecular formula is C17H18F5IN4O. The number of ether oxygens (including phenoxy) is 1. The molecule has 0 amide bonds. The lowest BCUT2D eigenvalue weighted by Crippen LogP contribution is -2.36. The number of aliphatic imine (C=N–C) groups is 1. The Hall–Kier alpha value is -2.18. The zero-order valence-electron chi connectivity index (χ0n) is 14.7. The van der Waals surface area contributed by atoms with Gasteiger partial charge in [0.2, 0.25) is 5.88 Å². The predicted octanol–water partition coefficient (Wildman–Crippen LogP) is 3.78. The van der Waals surface area contributed by atoms with E-state index in [0.717, 1.165) is 18.2 Å². The number of pyridine rings is 1. The van der Waals surface area contributed by atoms with Crippen molar-refractivity contribution in [2.45, 2.75) is 19.3 Å². The minimum Gasteiger partial charge on any atom is -0.468 e. The normalized spacial score (nSPS) is 11.6. The minimum atomic E-state index is -4.48. The van der Waals surface area contributed by atoms with Crippen molar-refractivity contribution in [1.29, 1.82) is 0 Å². The van der Waals surface area contributed by atoms with E-state index in [1.165, 1.54) is 13.2 Å². The van der Waals surface area contributed by atoms with Gasteiger partial charge in [-0.15, -0.1) is 24.0 Å². The van der Waals surface area contributed by atoms with Gasteiger partial charge in [0.15, 0.2) is 12.6 Å². The number of hydrogen-bond donors (Lipinski definition) is 2. The van der Waals surface area contributed by atoms with E-state index < -0.39 is 24.4 Å². The maximum absolute atomic E-state index is 13.6. The topological polar surface area (TPSA) is 58.5 Å². The van der Waals surface area contributed by atoms with Gasteiger partial charge in [-0.2, -0.15) is 13.2 Å². The van der Waals surface area contributed by atoms with E-state index in [2.05, 4.69) is 20.6 Å². The Balaban J connectivity index is 0.00000392. The molecule has 1 aromatic heterocycles. The van der Waals surface area contributed by atoms with E-state index in [1.807, 2.05) is 0 Å². The van der Waals surface area contributed by atoms with Crippen LogP contribution in [0.5, 0.6) is 5.88 Å². The van der Waals surface area contributed by atoms with Gasteiger partial charge in [0.05, 0.1) is 0 Å². The number of benzene rings is 1. The fourth-order valence-corrected chi connectivity index (χ4v) is 2.10. The Kier molecular flexibility index (Phi) is 9.35. The third kappa shape index (κ3) is 7.82. The van der Waals surface area contributed by atoms with Crippen LogP contribution in [0.4, 0.5) is 22.0 Å². The summed E-state index contributed by atoms with van der Waals surface area (Å²) in [7, 11) is 1.46. The molecule has 0 aliphatic rings. The van der Waals surface area contributed by atoms with Gasteiger partial charge in [0.25, 0.3) is 0 Å². The van der Waals surface area contributed by atoms with Crippen molar-refractivity contribution in [1.82, 2.24) is 15.6 Å². The van der Waals surface area contributed by atoms with Crippen LogP contribution in [0, 0.1) is 11.6 Å². The van der Waals surface area contributed by atoms with Gasteiger partial charge in [-0.05, 0) is 24.3 Å². The van der Waals surface area contributed by atoms with Gasteiger partial charge in [0.1, 0.15) is 11.6 Å². The average Bonchev–Trinajstić information content (AvgIpc) is 2.63. The lowest BCUT2D eigenvalue weighted by Gasteiger charge is -2.15. The van der Waals surface area contributed by atoms with E-state index in [-0.39, 0.29) is 54.5 Å². The van der Waals surface area contributed by atoms with Crippen molar-refractivity contribution in [3.8, 4) is 5.88 Å². The van der Waals surface area contributed by atoms with Crippen LogP contribution < -0.4 is 15.4 Å². The minimum absolute atomic E-state index is 0. The summed E-state index contributed by atoms with van der Waals surface area (Å²) < 4.78 is 68.4. The molecule has 0 aliphatic heterocycles. The van der Waals surface area contributed by atoms with E-state index in [0.29, 0.717) is 5.56 Å². The van der Waals surface area contributed by atoms with E-state index in [1.54, 1.807) is 12.1 Å². The van der Waals surface area contributed by atoms with Crippen molar-refractivity contribution in [2.75, 3.05) is 13.7 Å². The van der Waals surface area contributed by atoms with Crippen LogP contribution in [0.2, 0.25) is 0 Å². The van der Waals surface area contributed by atoms with Crippen molar-refractivity contribution in [2.24, 2.45) is 4.99 Å². The second-order valence-corrected chi connectivity index (χ2v) is 5.39. The van der Waals surface area contributed by atoms with Gasteiger partial charge in [-0.25, -0.2) is 13.8 Å². The van der Waals surface area contributed by atoms with E-state index >= 15 is 0 Å². The molecule has 0 saturated carbocycles. The Morgan fingerprint density at radius 2 is 1.79 bits per heavy atom. The molecule has 2 aromatic rings. The molecule has 28 heavy (non-hydrogen) atoms. The first-order valence-corrected chi connectivity index (χ1v) is 7.80. The highest BCUT2D eigenvalue weighted by molar-refractivity contribution is 14.0. The molecule has 0 fully saturated rings. The van der Waals surface area contributed by atoms with Gasteiger partial charge >= 0.3 is 6.18 Å². The highest BCUT2D eigenvalue weighted by atomic mass is 127. The lowest BCUT2D eigenvalue weighted by molar-refractivity contribution is -0.154. The molecule has 2 N–H and O–H groups in total. The number of hydrogen-bond acceptors (Lipinski definition) is 3. The zero-order chi connectivity index (χ0) is 19.9. The van der Waals surface area contributed by atoms with Gasteiger partial charge in [-0.3, -0.25) is 4.99 Å². The quantitative estimate of drug-likeness (QED) is 0.266. The lowest BCUT2D eigenvalue weighted by atomic mass is 10.2. The maximum atomic E-state index is 13.6. The SMILES string of the molecule is CN=C(NCc1cc(F)ccc1F)NCc1cccnc1OCC(F)(F)F.I. The zero-order valence-corrected chi connectivity index (χ0v) is 17.0. The highest BCUT2D eigenvalue weighted by Gasteiger charge is 2.29. The van der Waals surface area contributed by atoms with Crippen LogP contribution in [0.3, 0.4) is 0 Å². The molecule has 11 heteroatoms. The van der Waals surface area contributed by atoms with Gasteiger partial charge < -0.3 is 15.4 Å². The molecule has 0 radical (unpaired) electrons. The summed E-state index contributed by atoms with van der Waals surface area (Å²) in [5.41, 5.74) is 0.482. The third-order valence-corrected chi connectivity index (χ3v) is 3.35. The number of alkyl halides is 3. The average molecular weight is 516 g/mol. The molecule has 5 nitrogen and oxygen atoms in total. The highest BCUT2D eigenvalue weighted by Crippen LogP contribution is 2.19. The Labute approximate surface area is 175 Å². The Bertz CT molecular complexity index is 801. The van der Waals surface area contributed by atoms with Crippen LogP contribution in [0.25, 0.3) is 0 Å². The molecule has 0 unspecified atom stereocenters. The molecule has 0 saturated heterocycles. The smallest absolute Gasteiger partial charge is 0.422 e. The number of guanidine groups is 1. The first-order valence-electron chi connectivity index (χ1n) is 7.80. The van der Waals surface area contributed by atoms with Gasteiger partial charge in [0, 0.05) is 37.5 Å².